The Morgan fingerprint density at radius 3 is 2.53 bits per heavy atom. The van der Waals surface area contributed by atoms with Crippen LogP contribution in [0.1, 0.15) is 12.5 Å². The van der Waals surface area contributed by atoms with Crippen LogP contribution in [0.2, 0.25) is 5.02 Å². The highest BCUT2D eigenvalue weighted by Crippen LogP contribution is 2.35. The van der Waals surface area contributed by atoms with Crippen LogP contribution in [0.5, 0.6) is 0 Å². The lowest BCUT2D eigenvalue weighted by molar-refractivity contribution is -0.116. The van der Waals surface area contributed by atoms with Gasteiger partial charge in [0, 0.05) is 37.8 Å². The number of aryl methyl sites for hydroxylation is 1. The summed E-state index contributed by atoms with van der Waals surface area (Å²) in [5.41, 5.74) is -0.928. The van der Waals surface area contributed by atoms with Gasteiger partial charge in [-0.1, -0.05) is 24.2 Å². The number of carbonyl (C=O) groups is 1. The average Bonchev–Trinajstić information content (AvgIpc) is 3.07. The summed E-state index contributed by atoms with van der Waals surface area (Å²) in [5.74, 6) is -3.64. The van der Waals surface area contributed by atoms with E-state index in [0.717, 1.165) is 11.5 Å². The second-order valence-electron chi connectivity index (χ2n) is 6.86. The van der Waals surface area contributed by atoms with Gasteiger partial charge in [0.2, 0.25) is 5.91 Å². The van der Waals surface area contributed by atoms with Crippen molar-refractivity contribution in [3.8, 4) is 0 Å². The van der Waals surface area contributed by atoms with Gasteiger partial charge in [0.05, 0.1) is 11.3 Å². The van der Waals surface area contributed by atoms with Crippen molar-refractivity contribution in [1.29, 1.82) is 0 Å². The number of allylic oxidation sites excluding steroid dienone is 1. The Kier molecular flexibility index (Phi) is 5.38. The van der Waals surface area contributed by atoms with Crippen molar-refractivity contribution >= 4 is 39.9 Å². The molecule has 0 aliphatic heterocycles. The summed E-state index contributed by atoms with van der Waals surface area (Å²) in [6, 6.07) is 4.10. The van der Waals surface area contributed by atoms with E-state index in [1.165, 1.54) is 47.8 Å². The van der Waals surface area contributed by atoms with Gasteiger partial charge in [0.25, 0.3) is 11.5 Å². The lowest BCUT2D eigenvalue weighted by Gasteiger charge is -2.16. The molecule has 3 rings (SSSR count). The molecule has 0 radical (unpaired) electrons. The van der Waals surface area contributed by atoms with Gasteiger partial charge in [-0.3, -0.25) is 18.7 Å². The quantitative estimate of drug-likeness (QED) is 0.663. The number of aromatic nitrogens is 4. The van der Waals surface area contributed by atoms with Crippen LogP contribution in [0.15, 0.2) is 40.7 Å². The summed E-state index contributed by atoms with van der Waals surface area (Å²) in [6.45, 7) is 3.83. The number of amides is 1. The molecule has 0 atom stereocenters. The molecule has 2 aromatic heterocycles. The van der Waals surface area contributed by atoms with Gasteiger partial charge in [0.15, 0.2) is 11.2 Å². The van der Waals surface area contributed by atoms with Crippen LogP contribution in [0, 0.1) is 0 Å². The minimum absolute atomic E-state index is 0.0104. The van der Waals surface area contributed by atoms with Gasteiger partial charge in [-0.05, 0) is 12.1 Å². The van der Waals surface area contributed by atoms with Crippen LogP contribution in [0.3, 0.4) is 0 Å². The average molecular weight is 438 g/mol. The van der Waals surface area contributed by atoms with E-state index in [-0.39, 0.29) is 34.0 Å². The third-order valence-corrected chi connectivity index (χ3v) is 4.95. The molecular formula is C19H18ClF2N5O3. The zero-order valence-electron chi connectivity index (χ0n) is 16.4. The topological polar surface area (TPSA) is 90.9 Å². The lowest BCUT2D eigenvalue weighted by Crippen LogP contribution is -2.37. The number of halogens is 3. The summed E-state index contributed by atoms with van der Waals surface area (Å²) in [4.78, 5) is 40.9. The monoisotopic (exact) mass is 437 g/mol. The van der Waals surface area contributed by atoms with Crippen LogP contribution >= 0.6 is 11.6 Å². The molecule has 3 aromatic rings. The molecule has 1 amide bonds. The zero-order valence-corrected chi connectivity index (χ0v) is 17.1. The number of hydrogen-bond donors (Lipinski definition) is 1. The molecule has 11 heteroatoms. The number of benzene rings is 1. The molecule has 0 saturated carbocycles. The molecule has 0 aliphatic carbocycles. The highest BCUT2D eigenvalue weighted by Gasteiger charge is 2.28. The first-order valence-electron chi connectivity index (χ1n) is 8.69. The fourth-order valence-corrected chi connectivity index (χ4v) is 3.24. The third-order valence-electron chi connectivity index (χ3n) is 4.64. The van der Waals surface area contributed by atoms with Crippen molar-refractivity contribution in [3.63, 3.8) is 0 Å². The molecule has 0 saturated heterocycles. The van der Waals surface area contributed by atoms with Crippen LogP contribution in [0.4, 0.5) is 14.5 Å². The van der Waals surface area contributed by atoms with Crippen LogP contribution in [0.25, 0.3) is 16.7 Å². The van der Waals surface area contributed by atoms with E-state index >= 15 is 0 Å². The Hall–Kier alpha value is -3.27. The normalized spacial score (nSPS) is 11.7. The number of imidazole rings is 1. The molecule has 2 heterocycles. The molecular weight excluding hydrogens is 420 g/mol. The molecule has 0 spiro atoms. The zero-order chi connectivity index (χ0) is 22.4. The van der Waals surface area contributed by atoms with Crippen molar-refractivity contribution in [2.45, 2.75) is 19.4 Å². The van der Waals surface area contributed by atoms with E-state index < -0.39 is 28.7 Å². The van der Waals surface area contributed by atoms with Crippen molar-refractivity contribution in [1.82, 2.24) is 18.7 Å². The molecule has 1 aromatic carbocycles. The number of hydrogen-bond acceptors (Lipinski definition) is 4. The van der Waals surface area contributed by atoms with Crippen LogP contribution in [-0.2, 0) is 25.4 Å². The third kappa shape index (κ3) is 3.78. The van der Waals surface area contributed by atoms with E-state index in [2.05, 4.69) is 16.9 Å². The summed E-state index contributed by atoms with van der Waals surface area (Å²) >= 11 is 6.07. The molecule has 0 aliphatic rings. The largest absolute Gasteiger partial charge is 0.332 e. The summed E-state index contributed by atoms with van der Waals surface area (Å²) in [6.07, 6.45) is 1.29. The van der Waals surface area contributed by atoms with Gasteiger partial charge in [-0.25, -0.2) is 18.6 Å². The second kappa shape index (κ2) is 7.52. The fourth-order valence-electron chi connectivity index (χ4n) is 2.95. The van der Waals surface area contributed by atoms with E-state index in [1.807, 2.05) is 0 Å². The molecule has 8 nitrogen and oxygen atoms in total. The Morgan fingerprint density at radius 1 is 1.27 bits per heavy atom. The maximum absolute atomic E-state index is 13.5. The van der Waals surface area contributed by atoms with E-state index in [1.54, 1.807) is 0 Å². The predicted molar refractivity (Wildman–Crippen MR) is 110 cm³/mol. The minimum atomic E-state index is -3.14. The SMILES string of the molecule is C=C(c1ccc(NC(=O)Cn2cnc3c2c(=O)n(C)c(=O)n3C)cc1Cl)C(C)(F)F. The molecule has 0 unspecified atom stereocenters. The maximum Gasteiger partial charge on any atom is 0.332 e. The first-order chi connectivity index (χ1) is 13.9. The number of nitrogens with zero attached hydrogens (tertiary/aromatic N) is 4. The Labute approximate surface area is 174 Å². The van der Waals surface area contributed by atoms with Crippen molar-refractivity contribution in [2.24, 2.45) is 14.1 Å². The molecule has 0 fully saturated rings. The highest BCUT2D eigenvalue weighted by atomic mass is 35.5. The predicted octanol–water partition coefficient (Wildman–Crippen LogP) is 2.39. The molecule has 30 heavy (non-hydrogen) atoms. The van der Waals surface area contributed by atoms with Gasteiger partial charge >= 0.3 is 5.69 Å². The number of nitrogens with one attached hydrogen (secondary N) is 1. The summed E-state index contributed by atoms with van der Waals surface area (Å²) in [5, 5.41) is 2.59. The van der Waals surface area contributed by atoms with Gasteiger partial charge in [-0.2, -0.15) is 0 Å². The standard InChI is InChI=1S/C19H18ClF2N5O3/c1-10(19(2,21)22)12-6-5-11(7-13(12)20)24-14(28)8-27-9-23-16-15(27)17(29)26(4)18(30)25(16)3/h5-7,9H,1,8H2,2-4H3,(H,24,28). The first kappa shape index (κ1) is 21.4. The molecule has 158 valence electrons. The summed E-state index contributed by atoms with van der Waals surface area (Å²) in [7, 11) is 2.80. The van der Waals surface area contributed by atoms with Crippen molar-refractivity contribution < 1.29 is 13.6 Å². The van der Waals surface area contributed by atoms with Gasteiger partial charge in [0.1, 0.15) is 6.54 Å². The smallest absolute Gasteiger partial charge is 0.324 e. The number of alkyl halides is 2. The second-order valence-corrected chi connectivity index (χ2v) is 7.27. The first-order valence-corrected chi connectivity index (χ1v) is 9.07. The highest BCUT2D eigenvalue weighted by molar-refractivity contribution is 6.32. The Morgan fingerprint density at radius 2 is 1.93 bits per heavy atom. The molecule has 0 bridgehead atoms. The van der Waals surface area contributed by atoms with E-state index in [4.69, 9.17) is 11.6 Å². The maximum atomic E-state index is 13.5. The number of rotatable bonds is 5. The number of fused-ring (bicyclic) bond motifs is 1. The van der Waals surface area contributed by atoms with Crippen molar-refractivity contribution in [3.05, 3.63) is 62.5 Å². The molecule has 1 N–H and O–H groups in total. The van der Waals surface area contributed by atoms with Crippen LogP contribution < -0.4 is 16.6 Å². The van der Waals surface area contributed by atoms with Crippen molar-refractivity contribution in [2.75, 3.05) is 5.32 Å². The van der Waals surface area contributed by atoms with Gasteiger partial charge in [-0.15, -0.1) is 0 Å². The Balaban J connectivity index is 1.85. The van der Waals surface area contributed by atoms with E-state index in [9.17, 15) is 23.2 Å². The number of anilines is 1. The van der Waals surface area contributed by atoms with Gasteiger partial charge < -0.3 is 9.88 Å². The fraction of sp³-hybridized carbons (Fsp3) is 0.263. The Bertz CT molecular complexity index is 1300. The number of carbonyl (C=O) groups excluding carboxylic acids is 1. The lowest BCUT2D eigenvalue weighted by atomic mass is 10.0. The van der Waals surface area contributed by atoms with Crippen LogP contribution in [-0.4, -0.2) is 30.5 Å². The minimum Gasteiger partial charge on any atom is -0.324 e. The summed E-state index contributed by atoms with van der Waals surface area (Å²) < 4.78 is 30.4. The van der Waals surface area contributed by atoms with E-state index in [0.29, 0.717) is 0 Å².